The van der Waals surface area contributed by atoms with Crippen molar-refractivity contribution < 1.29 is 12.8 Å². The van der Waals surface area contributed by atoms with Gasteiger partial charge in [-0.25, -0.2) is 12.8 Å². The van der Waals surface area contributed by atoms with Crippen LogP contribution in [0.1, 0.15) is 17.7 Å². The van der Waals surface area contributed by atoms with E-state index in [1.807, 2.05) is 12.1 Å². The van der Waals surface area contributed by atoms with Crippen LogP contribution in [0.25, 0.3) is 10.9 Å². The van der Waals surface area contributed by atoms with E-state index in [0.717, 1.165) is 5.69 Å². The molecule has 4 rings (SSSR count). The molecule has 0 aliphatic rings. The molecule has 0 saturated heterocycles. The lowest BCUT2D eigenvalue weighted by Gasteiger charge is -2.14. The molecular weight excluding hydrogens is 561 g/mol. The van der Waals surface area contributed by atoms with Gasteiger partial charge in [0.05, 0.1) is 34.5 Å². The zero-order valence-corrected chi connectivity index (χ0v) is 21.2. The highest BCUT2D eigenvalue weighted by Gasteiger charge is 2.14. The van der Waals surface area contributed by atoms with Gasteiger partial charge in [0.25, 0.3) is 0 Å². The molecule has 0 atom stereocenters. The molecule has 0 unspecified atom stereocenters. The lowest BCUT2D eigenvalue weighted by molar-refractivity contribution is 0.569. The molecule has 0 aliphatic carbocycles. The smallest absolute Gasteiger partial charge is 0.141 e. The summed E-state index contributed by atoms with van der Waals surface area (Å²) in [6, 6.07) is 10.1. The van der Waals surface area contributed by atoms with Crippen LogP contribution in [0, 0.1) is 17.1 Å². The van der Waals surface area contributed by atoms with Crippen molar-refractivity contribution in [2.24, 2.45) is 0 Å². The van der Waals surface area contributed by atoms with Gasteiger partial charge < -0.3 is 10.6 Å². The van der Waals surface area contributed by atoms with Gasteiger partial charge in [-0.05, 0) is 52.7 Å². The standard InChI is InChI=1S/C22H18BrClFN7O2S/c23-18-7-15(27-11-16-12-32(31-30-16)4-1-5-35(33)34)6-17-21(13(9-26)10-28-22(17)18)29-14-2-3-20(25)19(24)8-14/h2-3,6-8,10,12,27,35H,1,4-5,11H2,(H,28,29). The van der Waals surface area contributed by atoms with E-state index < -0.39 is 16.5 Å². The van der Waals surface area contributed by atoms with Crippen LogP contribution in [0.5, 0.6) is 0 Å². The molecular formula is C22H18BrClFN7O2S. The minimum atomic E-state index is -2.40. The average molecular weight is 579 g/mol. The predicted octanol–water partition coefficient (Wildman–Crippen LogP) is 4.61. The Morgan fingerprint density at radius 2 is 2.06 bits per heavy atom. The molecule has 180 valence electrons. The first-order valence-corrected chi connectivity index (χ1v) is 12.9. The Balaban J connectivity index is 1.59. The molecule has 2 heterocycles. The summed E-state index contributed by atoms with van der Waals surface area (Å²) < 4.78 is 37.3. The average Bonchev–Trinajstić information content (AvgIpc) is 3.28. The summed E-state index contributed by atoms with van der Waals surface area (Å²) in [5, 5.41) is 24.8. The number of nitrogens with zero attached hydrogens (tertiary/aromatic N) is 5. The Morgan fingerprint density at radius 1 is 1.23 bits per heavy atom. The summed E-state index contributed by atoms with van der Waals surface area (Å²) in [5.41, 5.74) is 3.38. The van der Waals surface area contributed by atoms with Gasteiger partial charge in [-0.3, -0.25) is 9.67 Å². The third kappa shape index (κ3) is 6.05. The van der Waals surface area contributed by atoms with Crippen molar-refractivity contribution in [1.29, 1.82) is 5.26 Å². The third-order valence-corrected chi connectivity index (χ3v) is 6.60. The number of aryl methyl sites for hydroxylation is 1. The Morgan fingerprint density at radius 3 is 2.80 bits per heavy atom. The van der Waals surface area contributed by atoms with Crippen LogP contribution >= 0.6 is 27.5 Å². The SMILES string of the molecule is N#Cc1cnc2c(Br)cc(NCc3cn(CCC[SH](=O)=O)nn3)cc2c1Nc1ccc(F)c(Cl)c1. The highest BCUT2D eigenvalue weighted by molar-refractivity contribution is 9.10. The third-order valence-electron chi connectivity index (χ3n) is 5.02. The highest BCUT2D eigenvalue weighted by atomic mass is 79.9. The molecule has 2 aromatic heterocycles. The number of aromatic nitrogens is 4. The fraction of sp³-hybridized carbons (Fsp3) is 0.182. The number of rotatable bonds is 9. The van der Waals surface area contributed by atoms with Crippen LogP contribution in [0.2, 0.25) is 5.02 Å². The minimum absolute atomic E-state index is 0.0368. The van der Waals surface area contributed by atoms with Gasteiger partial charge in [0.2, 0.25) is 0 Å². The minimum Gasteiger partial charge on any atom is -0.379 e. The largest absolute Gasteiger partial charge is 0.379 e. The van der Waals surface area contributed by atoms with Gasteiger partial charge in [-0.2, -0.15) is 5.26 Å². The van der Waals surface area contributed by atoms with Gasteiger partial charge in [-0.1, -0.05) is 16.8 Å². The number of hydrogen-bond donors (Lipinski definition) is 3. The van der Waals surface area contributed by atoms with E-state index >= 15 is 0 Å². The number of nitrogens with one attached hydrogen (secondary N) is 2. The molecule has 2 N–H and O–H groups in total. The molecule has 2 aromatic carbocycles. The molecule has 9 nitrogen and oxygen atoms in total. The lowest BCUT2D eigenvalue weighted by atomic mass is 10.1. The van der Waals surface area contributed by atoms with Crippen molar-refractivity contribution in [1.82, 2.24) is 20.0 Å². The maximum atomic E-state index is 13.6. The topological polar surface area (TPSA) is 126 Å². The van der Waals surface area contributed by atoms with E-state index in [0.29, 0.717) is 57.5 Å². The van der Waals surface area contributed by atoms with Crippen LogP contribution < -0.4 is 10.6 Å². The van der Waals surface area contributed by atoms with Crippen LogP contribution in [-0.4, -0.2) is 34.1 Å². The molecule has 0 radical (unpaired) electrons. The first-order chi connectivity index (χ1) is 16.8. The zero-order chi connectivity index (χ0) is 24.9. The summed E-state index contributed by atoms with van der Waals surface area (Å²) in [5.74, 6) is -0.433. The quantitative estimate of drug-likeness (QED) is 0.246. The summed E-state index contributed by atoms with van der Waals surface area (Å²) in [7, 11) is -2.40. The number of fused-ring (bicyclic) bond motifs is 1. The molecule has 0 aliphatic heterocycles. The Hall–Kier alpha value is -3.27. The fourth-order valence-electron chi connectivity index (χ4n) is 3.38. The number of pyridine rings is 1. The van der Waals surface area contributed by atoms with Gasteiger partial charge >= 0.3 is 0 Å². The van der Waals surface area contributed by atoms with E-state index in [2.05, 4.69) is 47.9 Å². The van der Waals surface area contributed by atoms with Crippen LogP contribution in [0.4, 0.5) is 21.5 Å². The van der Waals surface area contributed by atoms with Crippen molar-refractivity contribution in [3.63, 3.8) is 0 Å². The first-order valence-electron chi connectivity index (χ1n) is 10.3. The van der Waals surface area contributed by atoms with E-state index in [1.54, 1.807) is 10.9 Å². The maximum Gasteiger partial charge on any atom is 0.141 e. The van der Waals surface area contributed by atoms with Gasteiger partial charge in [0.15, 0.2) is 0 Å². The molecule has 35 heavy (non-hydrogen) atoms. The summed E-state index contributed by atoms with van der Waals surface area (Å²) >= 11 is 9.46. The molecule has 0 amide bonds. The van der Waals surface area contributed by atoms with Crippen molar-refractivity contribution in [2.75, 3.05) is 16.4 Å². The Kier molecular flexibility index (Phi) is 7.80. The van der Waals surface area contributed by atoms with Crippen LogP contribution in [0.15, 0.2) is 47.2 Å². The monoisotopic (exact) mass is 577 g/mol. The van der Waals surface area contributed by atoms with Crippen molar-refractivity contribution in [3.05, 3.63) is 69.3 Å². The van der Waals surface area contributed by atoms with Gasteiger partial charge in [0, 0.05) is 39.7 Å². The second-order valence-electron chi connectivity index (χ2n) is 7.50. The number of hydrogen-bond acceptors (Lipinski definition) is 8. The van der Waals surface area contributed by atoms with Crippen molar-refractivity contribution in [2.45, 2.75) is 19.5 Å². The van der Waals surface area contributed by atoms with Crippen LogP contribution in [-0.2, 0) is 23.8 Å². The lowest BCUT2D eigenvalue weighted by Crippen LogP contribution is -2.02. The summed E-state index contributed by atoms with van der Waals surface area (Å²) in [6.45, 7) is 0.832. The normalized spacial score (nSPS) is 11.1. The molecule has 0 fully saturated rings. The second-order valence-corrected chi connectivity index (χ2v) is 9.88. The molecule has 0 saturated carbocycles. The maximum absolute atomic E-state index is 13.6. The summed E-state index contributed by atoms with van der Waals surface area (Å²) in [4.78, 5) is 4.40. The molecule has 0 bridgehead atoms. The Bertz CT molecular complexity index is 1510. The van der Waals surface area contributed by atoms with Gasteiger partial charge in [0.1, 0.15) is 28.3 Å². The highest BCUT2D eigenvalue weighted by Crippen LogP contribution is 2.35. The molecule has 0 spiro atoms. The number of halogens is 3. The summed E-state index contributed by atoms with van der Waals surface area (Å²) in [6.07, 6.45) is 3.69. The predicted molar refractivity (Wildman–Crippen MR) is 136 cm³/mol. The molecule has 4 aromatic rings. The van der Waals surface area contributed by atoms with Crippen LogP contribution in [0.3, 0.4) is 0 Å². The van der Waals surface area contributed by atoms with E-state index in [9.17, 15) is 18.1 Å². The number of benzene rings is 2. The fourth-order valence-corrected chi connectivity index (χ4v) is 4.53. The van der Waals surface area contributed by atoms with E-state index in [4.69, 9.17) is 11.6 Å². The zero-order valence-electron chi connectivity index (χ0n) is 18.0. The Labute approximate surface area is 215 Å². The second kappa shape index (κ2) is 11.0. The van der Waals surface area contributed by atoms with Gasteiger partial charge in [-0.15, -0.1) is 5.10 Å². The first kappa shape index (κ1) is 24.8. The molecule has 13 heteroatoms. The van der Waals surface area contributed by atoms with Crippen molar-refractivity contribution >= 4 is 66.2 Å². The number of thiol groups is 1. The number of anilines is 3. The van der Waals surface area contributed by atoms with E-state index in [-0.39, 0.29) is 10.8 Å². The number of nitriles is 1. The van der Waals surface area contributed by atoms with Crippen molar-refractivity contribution in [3.8, 4) is 6.07 Å². The van der Waals surface area contributed by atoms with E-state index in [1.165, 1.54) is 24.4 Å².